The molecule has 0 saturated carbocycles. The molecule has 0 spiro atoms. The third-order valence-corrected chi connectivity index (χ3v) is 4.51. The predicted octanol–water partition coefficient (Wildman–Crippen LogP) is 2.20. The summed E-state index contributed by atoms with van der Waals surface area (Å²) < 4.78 is 4.02. The van der Waals surface area contributed by atoms with Crippen LogP contribution in [0.15, 0.2) is 0 Å². The maximum absolute atomic E-state index is 12.2. The monoisotopic (exact) mass is 312 g/mol. The molecule has 2 heterocycles. The molecule has 116 valence electrons. The number of urea groups is 1. The second-order valence-corrected chi connectivity index (χ2v) is 6.25. The minimum Gasteiger partial charge on any atom is -0.481 e. The highest BCUT2D eigenvalue weighted by Crippen LogP contribution is 2.26. The lowest BCUT2D eigenvalue weighted by Gasteiger charge is -2.35. The van der Waals surface area contributed by atoms with Crippen LogP contribution >= 0.6 is 11.5 Å². The van der Waals surface area contributed by atoms with E-state index in [1.54, 1.807) is 11.8 Å². The van der Waals surface area contributed by atoms with E-state index in [4.69, 9.17) is 5.11 Å². The van der Waals surface area contributed by atoms with Crippen molar-refractivity contribution in [2.24, 2.45) is 11.8 Å². The van der Waals surface area contributed by atoms with Gasteiger partial charge in [0.1, 0.15) is 5.82 Å². The van der Waals surface area contributed by atoms with Crippen molar-refractivity contribution in [2.75, 3.05) is 18.4 Å². The van der Waals surface area contributed by atoms with Crippen LogP contribution < -0.4 is 5.32 Å². The van der Waals surface area contributed by atoms with Crippen LogP contribution in [0.4, 0.5) is 9.93 Å². The second kappa shape index (κ2) is 6.84. The molecule has 0 bridgehead atoms. The van der Waals surface area contributed by atoms with Crippen molar-refractivity contribution in [1.29, 1.82) is 0 Å². The van der Waals surface area contributed by atoms with Crippen molar-refractivity contribution in [2.45, 2.75) is 33.1 Å². The van der Waals surface area contributed by atoms with E-state index in [9.17, 15) is 9.59 Å². The minimum atomic E-state index is -0.784. The normalized spacial score (nSPS) is 20.1. The first-order valence-electron chi connectivity index (χ1n) is 7.03. The Morgan fingerprint density at radius 1 is 1.57 bits per heavy atom. The van der Waals surface area contributed by atoms with Gasteiger partial charge in [0.2, 0.25) is 5.13 Å². The molecule has 2 atom stereocenters. The number of carbonyl (C=O) groups excluding carboxylic acids is 1. The Hall–Kier alpha value is -1.70. The van der Waals surface area contributed by atoms with Gasteiger partial charge in [-0.25, -0.2) is 9.78 Å². The Morgan fingerprint density at radius 2 is 2.33 bits per heavy atom. The van der Waals surface area contributed by atoms with Crippen LogP contribution in [-0.4, -0.2) is 44.5 Å². The van der Waals surface area contributed by atoms with Gasteiger partial charge in [-0.1, -0.05) is 6.92 Å². The quantitative estimate of drug-likeness (QED) is 0.888. The number of rotatable bonds is 4. The largest absolute Gasteiger partial charge is 0.481 e. The van der Waals surface area contributed by atoms with Crippen LogP contribution in [0.1, 0.15) is 32.0 Å². The number of aromatic nitrogens is 2. The topological polar surface area (TPSA) is 95.4 Å². The summed E-state index contributed by atoms with van der Waals surface area (Å²) in [6, 6.07) is -0.182. The number of amides is 2. The van der Waals surface area contributed by atoms with Crippen LogP contribution in [0, 0.1) is 18.8 Å². The lowest BCUT2D eigenvalue weighted by molar-refractivity contribution is -0.138. The molecule has 21 heavy (non-hydrogen) atoms. The van der Waals surface area contributed by atoms with E-state index in [1.807, 2.05) is 6.92 Å². The number of carboxylic acids is 1. The van der Waals surface area contributed by atoms with Crippen LogP contribution in [0.2, 0.25) is 0 Å². The molecule has 2 rings (SSSR count). The Labute approximate surface area is 127 Å². The first-order valence-corrected chi connectivity index (χ1v) is 7.81. The number of carbonyl (C=O) groups is 2. The number of nitrogens with zero attached hydrogens (tertiary/aromatic N) is 3. The van der Waals surface area contributed by atoms with E-state index in [-0.39, 0.29) is 24.3 Å². The van der Waals surface area contributed by atoms with Gasteiger partial charge in [-0.05, 0) is 31.6 Å². The van der Waals surface area contributed by atoms with E-state index >= 15 is 0 Å². The molecule has 7 nitrogen and oxygen atoms in total. The number of aryl methyl sites for hydroxylation is 1. The number of nitrogens with one attached hydrogen (secondary N) is 1. The molecule has 0 aromatic carbocycles. The van der Waals surface area contributed by atoms with Crippen LogP contribution in [0.5, 0.6) is 0 Å². The van der Waals surface area contributed by atoms with Gasteiger partial charge in [-0.15, -0.1) is 0 Å². The number of piperidine rings is 1. The first-order chi connectivity index (χ1) is 9.95. The Bertz CT molecular complexity index is 519. The summed E-state index contributed by atoms with van der Waals surface area (Å²) in [6.07, 6.45) is 2.02. The molecule has 2 N–H and O–H groups in total. The van der Waals surface area contributed by atoms with Gasteiger partial charge in [0.05, 0.1) is 0 Å². The molecule has 0 radical (unpaired) electrons. The summed E-state index contributed by atoms with van der Waals surface area (Å²) in [6.45, 7) is 5.00. The smallest absolute Gasteiger partial charge is 0.323 e. The van der Waals surface area contributed by atoms with Crippen molar-refractivity contribution >= 4 is 28.7 Å². The fourth-order valence-electron chi connectivity index (χ4n) is 2.62. The van der Waals surface area contributed by atoms with Crippen LogP contribution in [0.25, 0.3) is 0 Å². The van der Waals surface area contributed by atoms with Gasteiger partial charge < -0.3 is 10.0 Å². The van der Waals surface area contributed by atoms with E-state index < -0.39 is 5.97 Å². The molecule has 0 aliphatic carbocycles. The third kappa shape index (κ3) is 4.38. The van der Waals surface area contributed by atoms with Crippen molar-refractivity contribution in [1.82, 2.24) is 14.3 Å². The van der Waals surface area contributed by atoms with Crippen molar-refractivity contribution < 1.29 is 14.7 Å². The molecule has 1 aliphatic heterocycles. The zero-order valence-corrected chi connectivity index (χ0v) is 13.0. The summed E-state index contributed by atoms with van der Waals surface area (Å²) in [4.78, 5) is 28.9. The fourth-order valence-corrected chi connectivity index (χ4v) is 3.18. The van der Waals surface area contributed by atoms with Crippen molar-refractivity contribution in [3.8, 4) is 0 Å². The molecule has 1 aromatic heterocycles. The van der Waals surface area contributed by atoms with Gasteiger partial charge in [0, 0.05) is 31.0 Å². The third-order valence-electron chi connectivity index (χ3n) is 3.79. The summed E-state index contributed by atoms with van der Waals surface area (Å²) in [5.74, 6) is 0.161. The number of hydrogen-bond donors (Lipinski definition) is 2. The zero-order chi connectivity index (χ0) is 15.4. The first kappa shape index (κ1) is 15.7. The second-order valence-electron chi connectivity index (χ2n) is 5.50. The predicted molar refractivity (Wildman–Crippen MR) is 79.4 cm³/mol. The van der Waals surface area contributed by atoms with E-state index in [2.05, 4.69) is 14.7 Å². The van der Waals surface area contributed by atoms with Gasteiger partial charge >= 0.3 is 12.0 Å². The number of hydrogen-bond acceptors (Lipinski definition) is 5. The highest BCUT2D eigenvalue weighted by Gasteiger charge is 2.28. The standard InChI is InChI=1S/C13H20N4O3S/c1-8(6-11(18)19)10-4-3-5-17(7-10)13(20)15-12-14-9(2)16-21-12/h8,10H,3-7H2,1-2H3,(H,18,19)(H,14,15,16,20). The van der Waals surface area contributed by atoms with Crippen LogP contribution in [0.3, 0.4) is 0 Å². The highest BCUT2D eigenvalue weighted by molar-refractivity contribution is 7.09. The summed E-state index contributed by atoms with van der Waals surface area (Å²) >= 11 is 1.16. The van der Waals surface area contributed by atoms with Gasteiger partial charge in [-0.3, -0.25) is 10.1 Å². The molecular formula is C13H20N4O3S. The molecule has 8 heteroatoms. The Balaban J connectivity index is 1.90. The maximum Gasteiger partial charge on any atom is 0.323 e. The molecular weight excluding hydrogens is 292 g/mol. The molecule has 2 amide bonds. The van der Waals surface area contributed by atoms with Gasteiger partial charge in [-0.2, -0.15) is 4.37 Å². The average molecular weight is 312 g/mol. The molecule has 1 aromatic rings. The Kier molecular flexibility index (Phi) is 5.11. The fraction of sp³-hybridized carbons (Fsp3) is 0.692. The van der Waals surface area contributed by atoms with Crippen LogP contribution in [-0.2, 0) is 4.79 Å². The number of anilines is 1. The lowest BCUT2D eigenvalue weighted by atomic mass is 9.85. The Morgan fingerprint density at radius 3 is 2.95 bits per heavy atom. The average Bonchev–Trinajstić information content (AvgIpc) is 2.83. The number of likely N-dealkylation sites (tertiary alicyclic amines) is 1. The summed E-state index contributed by atoms with van der Waals surface area (Å²) in [7, 11) is 0. The zero-order valence-electron chi connectivity index (χ0n) is 12.2. The molecule has 1 saturated heterocycles. The van der Waals surface area contributed by atoms with Crippen molar-refractivity contribution in [3.05, 3.63) is 5.82 Å². The summed E-state index contributed by atoms with van der Waals surface area (Å²) in [5, 5.41) is 12.1. The highest BCUT2D eigenvalue weighted by atomic mass is 32.1. The van der Waals surface area contributed by atoms with Gasteiger partial charge in [0.15, 0.2) is 0 Å². The number of aliphatic carboxylic acids is 1. The minimum absolute atomic E-state index is 0.0712. The SMILES string of the molecule is Cc1nsc(NC(=O)N2CCCC(C(C)CC(=O)O)C2)n1. The van der Waals surface area contributed by atoms with E-state index in [0.717, 1.165) is 24.4 Å². The molecule has 1 fully saturated rings. The summed E-state index contributed by atoms with van der Waals surface area (Å²) in [5.41, 5.74) is 0. The van der Waals surface area contributed by atoms with Gasteiger partial charge in [0.25, 0.3) is 0 Å². The van der Waals surface area contributed by atoms with E-state index in [1.165, 1.54) is 0 Å². The maximum atomic E-state index is 12.2. The molecule has 2 unspecified atom stereocenters. The van der Waals surface area contributed by atoms with Crippen molar-refractivity contribution in [3.63, 3.8) is 0 Å². The number of carboxylic acid groups (broad SMARTS) is 1. The van der Waals surface area contributed by atoms with E-state index in [0.29, 0.717) is 24.0 Å². The molecule has 1 aliphatic rings. The lowest BCUT2D eigenvalue weighted by Crippen LogP contribution is -2.44.